The molecule has 0 radical (unpaired) electrons. The number of aromatic hydroxyl groups is 1. The summed E-state index contributed by atoms with van der Waals surface area (Å²) < 4.78 is 5.85. The van der Waals surface area contributed by atoms with E-state index in [0.717, 1.165) is 16.5 Å². The zero-order valence-corrected chi connectivity index (χ0v) is 10.4. The summed E-state index contributed by atoms with van der Waals surface area (Å²) in [6, 6.07) is 3.39. The van der Waals surface area contributed by atoms with Crippen LogP contribution in [-0.4, -0.2) is 23.4 Å². The smallest absolute Gasteiger partial charge is 0.160 e. The number of aliphatic hydroxyl groups is 1. The summed E-state index contributed by atoms with van der Waals surface area (Å²) in [6.07, 6.45) is 1.11. The van der Waals surface area contributed by atoms with Gasteiger partial charge in [0.15, 0.2) is 11.5 Å². The van der Waals surface area contributed by atoms with E-state index in [9.17, 15) is 10.2 Å². The Morgan fingerprint density at radius 2 is 2.13 bits per heavy atom. The van der Waals surface area contributed by atoms with Gasteiger partial charge < -0.3 is 14.9 Å². The van der Waals surface area contributed by atoms with Crippen LogP contribution in [0.5, 0.6) is 11.5 Å². The molecule has 1 aromatic carbocycles. The fourth-order valence-corrected chi connectivity index (χ4v) is 1.83. The molecule has 2 N–H and O–H groups in total. The van der Waals surface area contributed by atoms with E-state index in [1.54, 1.807) is 19.1 Å². The molecule has 84 valence electrons. The fourth-order valence-electron chi connectivity index (χ4n) is 1.30. The summed E-state index contributed by atoms with van der Waals surface area (Å²) in [5.41, 5.74) is 1.02. The van der Waals surface area contributed by atoms with Gasteiger partial charge in [0.25, 0.3) is 0 Å². The minimum atomic E-state index is -0.323. The molecule has 0 aliphatic carbocycles. The molecule has 0 aliphatic rings. The summed E-state index contributed by atoms with van der Waals surface area (Å²) in [5, 5.41) is 18.7. The van der Waals surface area contributed by atoms with Crippen molar-refractivity contribution in [2.24, 2.45) is 0 Å². The van der Waals surface area contributed by atoms with Gasteiger partial charge in [-0.05, 0) is 37.5 Å². The molecule has 0 saturated carbocycles. The Kier molecular flexibility index (Phi) is 4.42. The molecule has 1 unspecified atom stereocenters. The number of hydrogen-bond acceptors (Lipinski definition) is 3. The van der Waals surface area contributed by atoms with E-state index in [2.05, 4.69) is 15.9 Å². The third kappa shape index (κ3) is 3.39. The monoisotopic (exact) mass is 274 g/mol. The first kappa shape index (κ1) is 12.3. The Morgan fingerprint density at radius 1 is 1.47 bits per heavy atom. The Balaban J connectivity index is 2.87. The average molecular weight is 275 g/mol. The maximum absolute atomic E-state index is 9.49. The van der Waals surface area contributed by atoms with Crippen LogP contribution in [0.25, 0.3) is 0 Å². The molecule has 1 atom stereocenters. The summed E-state index contributed by atoms with van der Waals surface area (Å²) >= 11 is 3.36. The minimum Gasteiger partial charge on any atom is -0.504 e. The van der Waals surface area contributed by atoms with Crippen LogP contribution in [0.1, 0.15) is 18.9 Å². The zero-order valence-electron chi connectivity index (χ0n) is 8.83. The second kappa shape index (κ2) is 5.37. The van der Waals surface area contributed by atoms with E-state index in [-0.39, 0.29) is 11.9 Å². The quantitative estimate of drug-likeness (QED) is 0.887. The van der Waals surface area contributed by atoms with E-state index in [0.29, 0.717) is 12.2 Å². The molecule has 3 nitrogen and oxygen atoms in total. The van der Waals surface area contributed by atoms with Crippen molar-refractivity contribution in [2.45, 2.75) is 25.9 Å². The molecule has 0 bridgehead atoms. The molecule has 15 heavy (non-hydrogen) atoms. The number of rotatable bonds is 4. The van der Waals surface area contributed by atoms with Gasteiger partial charge in [-0.1, -0.05) is 15.9 Å². The molecule has 1 aromatic rings. The van der Waals surface area contributed by atoms with E-state index >= 15 is 0 Å². The van der Waals surface area contributed by atoms with Crippen molar-refractivity contribution in [3.8, 4) is 11.5 Å². The van der Waals surface area contributed by atoms with Gasteiger partial charge in [-0.15, -0.1) is 0 Å². The lowest BCUT2D eigenvalue weighted by atomic mass is 10.1. The number of hydrogen-bond donors (Lipinski definition) is 2. The fraction of sp³-hybridized carbons (Fsp3) is 0.455. The molecule has 1 rings (SSSR count). The van der Waals surface area contributed by atoms with Crippen molar-refractivity contribution >= 4 is 15.9 Å². The van der Waals surface area contributed by atoms with Crippen LogP contribution in [0.15, 0.2) is 16.6 Å². The highest BCUT2D eigenvalue weighted by molar-refractivity contribution is 9.10. The number of benzene rings is 1. The van der Waals surface area contributed by atoms with Crippen molar-refractivity contribution in [1.29, 1.82) is 0 Å². The highest BCUT2D eigenvalue weighted by Crippen LogP contribution is 2.32. The SMILES string of the molecule is COc1cc(CCC(C)O)c(Br)cc1O. The van der Waals surface area contributed by atoms with Crippen LogP contribution in [0.4, 0.5) is 0 Å². The molecule has 0 spiro atoms. The third-order valence-corrected chi connectivity index (χ3v) is 2.92. The highest BCUT2D eigenvalue weighted by atomic mass is 79.9. The molecule has 4 heteroatoms. The van der Waals surface area contributed by atoms with E-state index in [1.807, 2.05) is 0 Å². The number of phenols is 1. The van der Waals surface area contributed by atoms with Gasteiger partial charge in [-0.2, -0.15) is 0 Å². The van der Waals surface area contributed by atoms with Crippen molar-refractivity contribution in [2.75, 3.05) is 7.11 Å². The van der Waals surface area contributed by atoms with Gasteiger partial charge >= 0.3 is 0 Å². The largest absolute Gasteiger partial charge is 0.504 e. The van der Waals surface area contributed by atoms with Crippen molar-refractivity contribution in [3.63, 3.8) is 0 Å². The summed E-state index contributed by atoms with van der Waals surface area (Å²) in [7, 11) is 1.52. The Labute approximate surface area is 97.8 Å². The van der Waals surface area contributed by atoms with Gasteiger partial charge in [-0.3, -0.25) is 0 Å². The predicted octanol–water partition coefficient (Wildman–Crippen LogP) is 2.48. The highest BCUT2D eigenvalue weighted by Gasteiger charge is 2.08. The number of halogens is 1. The number of methoxy groups -OCH3 is 1. The first-order valence-corrected chi connectivity index (χ1v) is 5.57. The van der Waals surface area contributed by atoms with Crippen molar-refractivity contribution < 1.29 is 14.9 Å². The lowest BCUT2D eigenvalue weighted by molar-refractivity contribution is 0.185. The number of phenolic OH excluding ortho intramolecular Hbond substituents is 1. The van der Waals surface area contributed by atoms with E-state index < -0.39 is 0 Å². The van der Waals surface area contributed by atoms with Gasteiger partial charge in [0, 0.05) is 4.47 Å². The Hall–Kier alpha value is -0.740. The maximum atomic E-state index is 9.49. The minimum absolute atomic E-state index is 0.116. The molecule has 0 amide bonds. The lowest BCUT2D eigenvalue weighted by Crippen LogP contribution is -2.02. The van der Waals surface area contributed by atoms with Gasteiger partial charge in [0.05, 0.1) is 13.2 Å². The van der Waals surface area contributed by atoms with Gasteiger partial charge in [0.1, 0.15) is 0 Å². The second-order valence-electron chi connectivity index (χ2n) is 3.50. The third-order valence-electron chi connectivity index (χ3n) is 2.18. The molecular weight excluding hydrogens is 260 g/mol. The first-order chi connectivity index (χ1) is 7.04. The first-order valence-electron chi connectivity index (χ1n) is 4.78. The standard InChI is InChI=1S/C11H15BrO3/c1-7(13)3-4-8-5-11(15-2)10(14)6-9(8)12/h5-7,13-14H,3-4H2,1-2H3. The normalized spacial score (nSPS) is 12.5. The predicted molar refractivity (Wildman–Crippen MR) is 62.4 cm³/mol. The van der Waals surface area contributed by atoms with Crippen molar-refractivity contribution in [1.82, 2.24) is 0 Å². The van der Waals surface area contributed by atoms with Crippen LogP contribution in [0.2, 0.25) is 0 Å². The molecule has 0 heterocycles. The van der Waals surface area contributed by atoms with Crippen LogP contribution in [0, 0.1) is 0 Å². The summed E-state index contributed by atoms with van der Waals surface area (Å²) in [6.45, 7) is 1.76. The molecule has 0 aromatic heterocycles. The lowest BCUT2D eigenvalue weighted by Gasteiger charge is -2.10. The second-order valence-corrected chi connectivity index (χ2v) is 4.36. The van der Waals surface area contributed by atoms with E-state index in [1.165, 1.54) is 7.11 Å². The molecule has 0 fully saturated rings. The Bertz CT molecular complexity index is 337. The van der Waals surface area contributed by atoms with Crippen LogP contribution < -0.4 is 4.74 Å². The number of aryl methyl sites for hydroxylation is 1. The van der Waals surface area contributed by atoms with Gasteiger partial charge in [-0.25, -0.2) is 0 Å². The molecule has 0 aliphatic heterocycles. The average Bonchev–Trinajstić information content (AvgIpc) is 2.16. The Morgan fingerprint density at radius 3 is 2.67 bits per heavy atom. The zero-order chi connectivity index (χ0) is 11.4. The van der Waals surface area contributed by atoms with E-state index in [4.69, 9.17) is 4.74 Å². The topological polar surface area (TPSA) is 49.7 Å². The van der Waals surface area contributed by atoms with Gasteiger partial charge in [0.2, 0.25) is 0 Å². The van der Waals surface area contributed by atoms with Crippen LogP contribution >= 0.6 is 15.9 Å². The van der Waals surface area contributed by atoms with Crippen LogP contribution in [0.3, 0.4) is 0 Å². The molecule has 0 saturated heterocycles. The molecular formula is C11H15BrO3. The van der Waals surface area contributed by atoms with Crippen LogP contribution in [-0.2, 0) is 6.42 Å². The number of ether oxygens (including phenoxy) is 1. The summed E-state index contributed by atoms with van der Waals surface area (Å²) in [5.74, 6) is 0.573. The van der Waals surface area contributed by atoms with Crippen molar-refractivity contribution in [3.05, 3.63) is 22.2 Å². The maximum Gasteiger partial charge on any atom is 0.160 e. The number of aliphatic hydroxyl groups excluding tert-OH is 1. The summed E-state index contributed by atoms with van der Waals surface area (Å²) in [4.78, 5) is 0.